The smallest absolute Gasteiger partial charge is 0.252 e. The van der Waals surface area contributed by atoms with Crippen LogP contribution in [-0.2, 0) is 4.79 Å². The van der Waals surface area contributed by atoms with Crippen LogP contribution < -0.4 is 16.0 Å². The van der Waals surface area contributed by atoms with Crippen LogP contribution in [0.15, 0.2) is 48.5 Å². The topological polar surface area (TPSA) is 87.3 Å². The summed E-state index contributed by atoms with van der Waals surface area (Å²) in [5.74, 6) is -0.850. The minimum absolute atomic E-state index is 0.107. The Balaban J connectivity index is 1.69. The molecule has 1 fully saturated rings. The molecule has 1 aliphatic rings. The molecule has 1 aliphatic carbocycles. The highest BCUT2D eigenvalue weighted by atomic mass is 16.2. The van der Waals surface area contributed by atoms with E-state index in [9.17, 15) is 14.4 Å². The molecule has 0 saturated heterocycles. The average Bonchev–Trinajstić information content (AvgIpc) is 3.50. The van der Waals surface area contributed by atoms with Gasteiger partial charge >= 0.3 is 0 Å². The molecule has 3 N–H and O–H groups in total. The van der Waals surface area contributed by atoms with Crippen molar-refractivity contribution in [2.75, 3.05) is 5.32 Å². The number of rotatable bonds is 7. The van der Waals surface area contributed by atoms with E-state index in [0.29, 0.717) is 16.8 Å². The van der Waals surface area contributed by atoms with Gasteiger partial charge in [0.25, 0.3) is 11.8 Å². The first-order valence-corrected chi connectivity index (χ1v) is 9.93. The van der Waals surface area contributed by atoms with Crippen molar-refractivity contribution in [3.8, 4) is 0 Å². The summed E-state index contributed by atoms with van der Waals surface area (Å²) < 4.78 is 0. The van der Waals surface area contributed by atoms with Crippen molar-refractivity contribution in [2.45, 2.75) is 45.7 Å². The van der Waals surface area contributed by atoms with Gasteiger partial charge in [0.05, 0.1) is 0 Å². The summed E-state index contributed by atoms with van der Waals surface area (Å²) >= 11 is 0. The molecule has 0 unspecified atom stereocenters. The van der Waals surface area contributed by atoms with Gasteiger partial charge in [0.15, 0.2) is 0 Å². The number of amides is 3. The SMILES string of the molecule is Cc1ccccc1C(=O)N[C@H](C(=O)Nc1cccc(C(=O)NC2CC2)c1)C(C)C. The number of nitrogens with one attached hydrogen (secondary N) is 3. The zero-order chi connectivity index (χ0) is 21.0. The van der Waals surface area contributed by atoms with Crippen LogP contribution in [0.4, 0.5) is 5.69 Å². The molecule has 6 heteroatoms. The second kappa shape index (κ2) is 8.90. The predicted octanol–water partition coefficient (Wildman–Crippen LogP) is 3.28. The molecule has 2 aromatic rings. The van der Waals surface area contributed by atoms with Crippen LogP contribution in [-0.4, -0.2) is 29.8 Å². The zero-order valence-corrected chi connectivity index (χ0v) is 17.0. The largest absolute Gasteiger partial charge is 0.349 e. The molecular weight excluding hydrogens is 366 g/mol. The van der Waals surface area contributed by atoms with Crippen molar-refractivity contribution in [2.24, 2.45) is 5.92 Å². The molecule has 0 heterocycles. The summed E-state index contributed by atoms with van der Waals surface area (Å²) in [7, 11) is 0. The summed E-state index contributed by atoms with van der Waals surface area (Å²) in [6.45, 7) is 5.61. The molecule has 3 amide bonds. The lowest BCUT2D eigenvalue weighted by molar-refractivity contribution is -0.118. The molecule has 29 heavy (non-hydrogen) atoms. The van der Waals surface area contributed by atoms with Crippen LogP contribution in [0.2, 0.25) is 0 Å². The maximum absolute atomic E-state index is 12.8. The van der Waals surface area contributed by atoms with E-state index in [1.807, 2.05) is 32.9 Å². The zero-order valence-electron chi connectivity index (χ0n) is 17.0. The highest BCUT2D eigenvalue weighted by Crippen LogP contribution is 2.20. The molecule has 3 rings (SSSR count). The van der Waals surface area contributed by atoms with Gasteiger partial charge in [-0.2, -0.15) is 0 Å². The van der Waals surface area contributed by atoms with Crippen molar-refractivity contribution < 1.29 is 14.4 Å². The van der Waals surface area contributed by atoms with Crippen molar-refractivity contribution in [3.63, 3.8) is 0 Å². The average molecular weight is 393 g/mol. The fourth-order valence-corrected chi connectivity index (χ4v) is 3.04. The monoisotopic (exact) mass is 393 g/mol. The first kappa shape index (κ1) is 20.6. The van der Waals surface area contributed by atoms with Gasteiger partial charge in [0.2, 0.25) is 5.91 Å². The van der Waals surface area contributed by atoms with E-state index >= 15 is 0 Å². The Labute approximate surface area is 171 Å². The Morgan fingerprint density at radius 3 is 2.34 bits per heavy atom. The highest BCUT2D eigenvalue weighted by Gasteiger charge is 2.26. The van der Waals surface area contributed by atoms with E-state index in [0.717, 1.165) is 18.4 Å². The normalized spacial score (nSPS) is 14.2. The lowest BCUT2D eigenvalue weighted by Gasteiger charge is -2.22. The van der Waals surface area contributed by atoms with E-state index in [1.54, 1.807) is 36.4 Å². The number of benzene rings is 2. The quantitative estimate of drug-likeness (QED) is 0.675. The van der Waals surface area contributed by atoms with E-state index < -0.39 is 6.04 Å². The molecule has 152 valence electrons. The molecule has 1 atom stereocenters. The Hall–Kier alpha value is -3.15. The first-order valence-electron chi connectivity index (χ1n) is 9.93. The second-order valence-electron chi connectivity index (χ2n) is 7.83. The Morgan fingerprint density at radius 2 is 1.69 bits per heavy atom. The van der Waals surface area contributed by atoms with Gasteiger partial charge in [-0.15, -0.1) is 0 Å². The number of aryl methyl sites for hydroxylation is 1. The summed E-state index contributed by atoms with van der Waals surface area (Å²) in [5, 5.41) is 8.59. The molecule has 0 aliphatic heterocycles. The molecule has 2 aromatic carbocycles. The van der Waals surface area contributed by atoms with Gasteiger partial charge in [-0.05, 0) is 55.5 Å². The van der Waals surface area contributed by atoms with Crippen LogP contribution in [0, 0.1) is 12.8 Å². The number of hydrogen-bond donors (Lipinski definition) is 3. The van der Waals surface area contributed by atoms with Gasteiger partial charge in [-0.3, -0.25) is 14.4 Å². The molecule has 0 spiro atoms. The van der Waals surface area contributed by atoms with Crippen molar-refractivity contribution in [1.29, 1.82) is 0 Å². The van der Waals surface area contributed by atoms with E-state index in [-0.39, 0.29) is 29.7 Å². The van der Waals surface area contributed by atoms with Crippen LogP contribution in [0.25, 0.3) is 0 Å². The molecular formula is C23H27N3O3. The van der Waals surface area contributed by atoms with Crippen LogP contribution in [0.3, 0.4) is 0 Å². The lowest BCUT2D eigenvalue weighted by Crippen LogP contribution is -2.47. The lowest BCUT2D eigenvalue weighted by atomic mass is 10.0. The van der Waals surface area contributed by atoms with Crippen molar-refractivity contribution in [1.82, 2.24) is 10.6 Å². The van der Waals surface area contributed by atoms with Gasteiger partial charge in [-0.1, -0.05) is 38.1 Å². The van der Waals surface area contributed by atoms with Crippen molar-refractivity contribution >= 4 is 23.4 Å². The van der Waals surface area contributed by atoms with Crippen LogP contribution in [0.5, 0.6) is 0 Å². The Bertz CT molecular complexity index is 919. The number of carbonyl (C=O) groups is 3. The summed E-state index contributed by atoms with van der Waals surface area (Å²) in [5.41, 5.74) is 2.42. The third-order valence-corrected chi connectivity index (χ3v) is 4.93. The fraction of sp³-hybridized carbons (Fsp3) is 0.348. The van der Waals surface area contributed by atoms with Gasteiger partial charge in [0, 0.05) is 22.9 Å². The van der Waals surface area contributed by atoms with Crippen LogP contribution >= 0.6 is 0 Å². The maximum atomic E-state index is 12.8. The second-order valence-corrected chi connectivity index (χ2v) is 7.83. The predicted molar refractivity (Wildman–Crippen MR) is 113 cm³/mol. The number of anilines is 1. The number of carbonyl (C=O) groups excluding carboxylic acids is 3. The van der Waals surface area contributed by atoms with E-state index in [1.165, 1.54) is 0 Å². The fourth-order valence-electron chi connectivity index (χ4n) is 3.04. The summed E-state index contributed by atoms with van der Waals surface area (Å²) in [6.07, 6.45) is 2.03. The van der Waals surface area contributed by atoms with Gasteiger partial charge in [-0.25, -0.2) is 0 Å². The molecule has 6 nitrogen and oxygen atoms in total. The van der Waals surface area contributed by atoms with Crippen LogP contribution in [0.1, 0.15) is 53.0 Å². The molecule has 1 saturated carbocycles. The van der Waals surface area contributed by atoms with Gasteiger partial charge < -0.3 is 16.0 Å². The first-order chi connectivity index (χ1) is 13.8. The highest BCUT2D eigenvalue weighted by molar-refractivity contribution is 6.02. The Kier molecular flexibility index (Phi) is 6.32. The molecule has 0 radical (unpaired) electrons. The maximum Gasteiger partial charge on any atom is 0.252 e. The van der Waals surface area contributed by atoms with Gasteiger partial charge in [0.1, 0.15) is 6.04 Å². The molecule has 0 bridgehead atoms. The minimum Gasteiger partial charge on any atom is -0.349 e. The summed E-state index contributed by atoms with van der Waals surface area (Å²) in [4.78, 5) is 37.7. The standard InChI is InChI=1S/C23H27N3O3/c1-14(2)20(26-22(28)19-10-5-4-7-15(19)3)23(29)25-18-9-6-8-16(13-18)21(27)24-17-11-12-17/h4-10,13-14,17,20H,11-12H2,1-3H3,(H,24,27)(H,25,29)(H,26,28)/t20-/m0/s1. The summed E-state index contributed by atoms with van der Waals surface area (Å²) in [6, 6.07) is 13.6. The molecule has 0 aromatic heterocycles. The Morgan fingerprint density at radius 1 is 0.966 bits per heavy atom. The number of hydrogen-bond acceptors (Lipinski definition) is 3. The minimum atomic E-state index is -0.703. The van der Waals surface area contributed by atoms with E-state index in [2.05, 4.69) is 16.0 Å². The third-order valence-electron chi connectivity index (χ3n) is 4.93. The van der Waals surface area contributed by atoms with Crippen molar-refractivity contribution in [3.05, 3.63) is 65.2 Å². The van der Waals surface area contributed by atoms with E-state index in [4.69, 9.17) is 0 Å². The third kappa shape index (κ3) is 5.44.